The SMILES string of the molecule is CCOC(=O)c1c(Nc2ccccc2)nc(-c2ccccn2)nc1N1CCOCC1. The first kappa shape index (κ1) is 19.8. The van der Waals surface area contributed by atoms with Gasteiger partial charge in [0, 0.05) is 25.0 Å². The van der Waals surface area contributed by atoms with Crippen molar-refractivity contribution in [1.29, 1.82) is 0 Å². The minimum atomic E-state index is -0.468. The molecule has 0 unspecified atom stereocenters. The summed E-state index contributed by atoms with van der Waals surface area (Å²) in [6.07, 6.45) is 1.69. The van der Waals surface area contributed by atoms with E-state index in [0.717, 1.165) is 5.69 Å². The topological polar surface area (TPSA) is 89.5 Å². The number of carbonyl (C=O) groups is 1. The maximum Gasteiger partial charge on any atom is 0.345 e. The van der Waals surface area contributed by atoms with E-state index in [4.69, 9.17) is 14.5 Å². The van der Waals surface area contributed by atoms with Gasteiger partial charge in [0.15, 0.2) is 11.6 Å². The van der Waals surface area contributed by atoms with Crippen LogP contribution in [0.25, 0.3) is 11.5 Å². The number of rotatable bonds is 6. The molecule has 2 aromatic heterocycles. The summed E-state index contributed by atoms with van der Waals surface area (Å²) in [5, 5.41) is 3.26. The van der Waals surface area contributed by atoms with E-state index in [1.165, 1.54) is 0 Å². The Morgan fingerprint density at radius 3 is 2.57 bits per heavy atom. The number of hydrogen-bond donors (Lipinski definition) is 1. The third-order valence-electron chi connectivity index (χ3n) is 4.61. The zero-order valence-electron chi connectivity index (χ0n) is 16.7. The van der Waals surface area contributed by atoms with Crippen molar-refractivity contribution in [3.8, 4) is 11.5 Å². The highest BCUT2D eigenvalue weighted by atomic mass is 16.5. The molecule has 3 heterocycles. The van der Waals surface area contributed by atoms with Crippen LogP contribution in [0.2, 0.25) is 0 Å². The second kappa shape index (κ2) is 9.32. The maximum atomic E-state index is 13.0. The van der Waals surface area contributed by atoms with Crippen molar-refractivity contribution in [2.45, 2.75) is 6.92 Å². The van der Waals surface area contributed by atoms with Gasteiger partial charge in [-0.2, -0.15) is 0 Å². The van der Waals surface area contributed by atoms with Gasteiger partial charge in [0.25, 0.3) is 0 Å². The summed E-state index contributed by atoms with van der Waals surface area (Å²) >= 11 is 0. The number of nitrogens with zero attached hydrogens (tertiary/aromatic N) is 4. The number of carbonyl (C=O) groups excluding carboxylic acids is 1. The van der Waals surface area contributed by atoms with Gasteiger partial charge in [-0.3, -0.25) is 4.98 Å². The Morgan fingerprint density at radius 1 is 1.10 bits per heavy atom. The maximum absolute atomic E-state index is 13.0. The van der Waals surface area contributed by atoms with Crippen LogP contribution in [0.5, 0.6) is 0 Å². The standard InChI is InChI=1S/C22H23N5O3/c1-2-30-22(28)18-20(24-16-8-4-3-5-9-16)25-19(17-10-6-7-11-23-17)26-21(18)27-12-14-29-15-13-27/h3-11H,2,12-15H2,1H3,(H,24,25,26). The van der Waals surface area contributed by atoms with Crippen LogP contribution in [0.3, 0.4) is 0 Å². The quantitative estimate of drug-likeness (QED) is 0.625. The van der Waals surface area contributed by atoms with Crippen molar-refractivity contribution in [3.63, 3.8) is 0 Å². The molecule has 0 aliphatic carbocycles. The van der Waals surface area contributed by atoms with Crippen molar-refractivity contribution in [2.75, 3.05) is 43.1 Å². The van der Waals surface area contributed by atoms with Crippen LogP contribution in [-0.2, 0) is 9.47 Å². The molecular formula is C22H23N5O3. The predicted octanol–water partition coefficient (Wildman–Crippen LogP) is 3.30. The molecule has 1 aliphatic rings. The first-order valence-electron chi connectivity index (χ1n) is 9.91. The summed E-state index contributed by atoms with van der Waals surface area (Å²) in [6.45, 7) is 4.40. The first-order chi connectivity index (χ1) is 14.8. The van der Waals surface area contributed by atoms with E-state index in [0.29, 0.717) is 55.0 Å². The van der Waals surface area contributed by atoms with Crippen LogP contribution in [0, 0.1) is 0 Å². The highest BCUT2D eigenvalue weighted by molar-refractivity contribution is 6.01. The van der Waals surface area contributed by atoms with E-state index in [2.05, 4.69) is 15.3 Å². The molecule has 0 spiro atoms. The van der Waals surface area contributed by atoms with Crippen LogP contribution in [0.1, 0.15) is 17.3 Å². The van der Waals surface area contributed by atoms with Crippen molar-refractivity contribution in [3.05, 3.63) is 60.3 Å². The predicted molar refractivity (Wildman–Crippen MR) is 114 cm³/mol. The highest BCUT2D eigenvalue weighted by Crippen LogP contribution is 2.31. The number of nitrogens with one attached hydrogen (secondary N) is 1. The van der Waals surface area contributed by atoms with Crippen molar-refractivity contribution in [2.24, 2.45) is 0 Å². The fourth-order valence-electron chi connectivity index (χ4n) is 3.20. The molecule has 0 bridgehead atoms. The van der Waals surface area contributed by atoms with Gasteiger partial charge in [0.2, 0.25) is 0 Å². The monoisotopic (exact) mass is 405 g/mol. The molecule has 0 saturated carbocycles. The van der Waals surface area contributed by atoms with Gasteiger partial charge in [-0.25, -0.2) is 14.8 Å². The number of morpholine rings is 1. The Balaban J connectivity index is 1.88. The molecule has 0 radical (unpaired) electrons. The number of pyridine rings is 1. The molecule has 1 N–H and O–H groups in total. The number of hydrogen-bond acceptors (Lipinski definition) is 8. The van der Waals surface area contributed by atoms with E-state index < -0.39 is 5.97 Å². The molecule has 1 aliphatic heterocycles. The fourth-order valence-corrected chi connectivity index (χ4v) is 3.20. The van der Waals surface area contributed by atoms with Crippen molar-refractivity contribution < 1.29 is 14.3 Å². The van der Waals surface area contributed by atoms with Crippen LogP contribution in [0.4, 0.5) is 17.3 Å². The van der Waals surface area contributed by atoms with Crippen LogP contribution in [0.15, 0.2) is 54.7 Å². The lowest BCUT2D eigenvalue weighted by molar-refractivity contribution is 0.0526. The molecule has 30 heavy (non-hydrogen) atoms. The highest BCUT2D eigenvalue weighted by Gasteiger charge is 2.28. The van der Waals surface area contributed by atoms with Gasteiger partial charge >= 0.3 is 5.97 Å². The lowest BCUT2D eigenvalue weighted by atomic mass is 10.2. The summed E-state index contributed by atoms with van der Waals surface area (Å²) in [5.74, 6) is 0.871. The molecule has 0 atom stereocenters. The smallest absolute Gasteiger partial charge is 0.345 e. The van der Waals surface area contributed by atoms with E-state index in [-0.39, 0.29) is 6.61 Å². The zero-order valence-corrected chi connectivity index (χ0v) is 16.7. The Labute approximate surface area is 174 Å². The fraction of sp³-hybridized carbons (Fsp3) is 0.273. The normalized spacial score (nSPS) is 13.7. The molecule has 3 aromatic rings. The molecule has 4 rings (SSSR count). The molecular weight excluding hydrogens is 382 g/mol. The van der Waals surface area contributed by atoms with Gasteiger partial charge in [-0.05, 0) is 31.2 Å². The first-order valence-corrected chi connectivity index (χ1v) is 9.91. The summed E-state index contributed by atoms with van der Waals surface area (Å²) in [4.78, 5) is 28.7. The third-order valence-corrected chi connectivity index (χ3v) is 4.61. The number of benzene rings is 1. The summed E-state index contributed by atoms with van der Waals surface area (Å²) < 4.78 is 10.8. The van der Waals surface area contributed by atoms with Crippen LogP contribution >= 0.6 is 0 Å². The Hall–Kier alpha value is -3.52. The van der Waals surface area contributed by atoms with E-state index >= 15 is 0 Å². The third kappa shape index (κ3) is 4.38. The van der Waals surface area contributed by atoms with Gasteiger partial charge in [-0.15, -0.1) is 0 Å². The molecule has 8 heteroatoms. The number of aromatic nitrogens is 3. The van der Waals surface area contributed by atoms with E-state index in [1.807, 2.05) is 53.4 Å². The molecule has 1 fully saturated rings. The largest absolute Gasteiger partial charge is 0.462 e. The number of esters is 1. The van der Waals surface area contributed by atoms with Gasteiger partial charge in [-0.1, -0.05) is 24.3 Å². The Bertz CT molecular complexity index is 992. The average Bonchev–Trinajstić information content (AvgIpc) is 2.80. The lowest BCUT2D eigenvalue weighted by Crippen LogP contribution is -2.38. The molecule has 154 valence electrons. The lowest BCUT2D eigenvalue weighted by Gasteiger charge is -2.30. The van der Waals surface area contributed by atoms with Crippen molar-refractivity contribution in [1.82, 2.24) is 15.0 Å². The van der Waals surface area contributed by atoms with E-state index in [1.54, 1.807) is 13.1 Å². The van der Waals surface area contributed by atoms with Crippen LogP contribution in [-0.4, -0.2) is 53.8 Å². The number of para-hydroxylation sites is 1. The number of anilines is 3. The Morgan fingerprint density at radius 2 is 1.87 bits per heavy atom. The Kier molecular flexibility index (Phi) is 6.14. The van der Waals surface area contributed by atoms with Crippen LogP contribution < -0.4 is 10.2 Å². The van der Waals surface area contributed by atoms with Gasteiger partial charge < -0.3 is 19.7 Å². The minimum Gasteiger partial charge on any atom is -0.462 e. The van der Waals surface area contributed by atoms with E-state index in [9.17, 15) is 4.79 Å². The summed E-state index contributed by atoms with van der Waals surface area (Å²) in [6, 6.07) is 15.1. The van der Waals surface area contributed by atoms with Gasteiger partial charge in [0.05, 0.1) is 19.8 Å². The molecule has 1 aromatic carbocycles. The summed E-state index contributed by atoms with van der Waals surface area (Å²) in [7, 11) is 0. The number of ether oxygens (including phenoxy) is 2. The van der Waals surface area contributed by atoms with Crippen molar-refractivity contribution >= 4 is 23.3 Å². The zero-order chi connectivity index (χ0) is 20.8. The second-order valence-corrected chi connectivity index (χ2v) is 6.62. The summed E-state index contributed by atoms with van der Waals surface area (Å²) in [5.41, 5.74) is 1.74. The van der Waals surface area contributed by atoms with Gasteiger partial charge in [0.1, 0.15) is 17.1 Å². The minimum absolute atomic E-state index is 0.258. The molecule has 1 saturated heterocycles. The molecule has 0 amide bonds. The average molecular weight is 405 g/mol. The molecule has 8 nitrogen and oxygen atoms in total. The second-order valence-electron chi connectivity index (χ2n) is 6.62.